The zero-order chi connectivity index (χ0) is 28.1. The molecule has 1 rings (SSSR count). The van der Waals surface area contributed by atoms with Crippen LogP contribution in [0.5, 0.6) is 0 Å². The molecule has 0 aliphatic rings. The molecule has 0 spiro atoms. The van der Waals surface area contributed by atoms with Crippen molar-refractivity contribution in [1.82, 2.24) is 16.0 Å². The first-order valence-corrected chi connectivity index (χ1v) is 11.0. The van der Waals surface area contributed by atoms with E-state index in [0.717, 1.165) is 0 Å². The van der Waals surface area contributed by atoms with Gasteiger partial charge in [-0.3, -0.25) is 28.8 Å². The van der Waals surface area contributed by atoms with Gasteiger partial charge in [0.25, 0.3) is 0 Å². The Hall–Kier alpha value is -4.53. The molecule has 0 aliphatic heterocycles. The van der Waals surface area contributed by atoms with Gasteiger partial charge in [0, 0.05) is 12.8 Å². The Kier molecular flexibility index (Phi) is 12.2. The van der Waals surface area contributed by atoms with E-state index in [0.29, 0.717) is 5.56 Å². The number of amides is 4. The average molecular weight is 523 g/mol. The first kappa shape index (κ1) is 30.5. The lowest BCUT2D eigenvalue weighted by molar-refractivity contribution is -0.144. The number of carbonyl (C=O) groups excluding carboxylic acids is 4. The second kappa shape index (κ2) is 14.8. The van der Waals surface area contributed by atoms with Gasteiger partial charge in [-0.1, -0.05) is 30.3 Å². The minimum Gasteiger partial charge on any atom is -0.481 e. The summed E-state index contributed by atoms with van der Waals surface area (Å²) in [5.74, 6) is -8.28. The number of carboxylic acid groups (broad SMARTS) is 3. The van der Waals surface area contributed by atoms with E-state index >= 15 is 0 Å². The molecule has 0 heterocycles. The smallest absolute Gasteiger partial charge is 0.326 e. The van der Waals surface area contributed by atoms with Crippen LogP contribution in [0.25, 0.3) is 0 Å². The molecule has 0 bridgehead atoms. The average Bonchev–Trinajstić information content (AvgIpc) is 2.80. The molecule has 4 amide bonds. The predicted octanol–water partition coefficient (Wildman–Crippen LogP) is -2.69. The van der Waals surface area contributed by atoms with Crippen molar-refractivity contribution in [2.75, 3.05) is 0 Å². The summed E-state index contributed by atoms with van der Waals surface area (Å²) in [6, 6.07) is 2.16. The number of nitrogens with two attached hydrogens (primary N) is 2. The Morgan fingerprint density at radius 3 is 1.78 bits per heavy atom. The Morgan fingerprint density at radius 2 is 1.27 bits per heavy atom. The Bertz CT molecular complexity index is 1020. The number of carboxylic acids is 3. The molecule has 4 atom stereocenters. The third kappa shape index (κ3) is 11.6. The van der Waals surface area contributed by atoms with E-state index in [1.54, 1.807) is 30.3 Å². The molecule has 0 radical (unpaired) electrons. The highest BCUT2D eigenvalue weighted by Crippen LogP contribution is 2.07. The first-order chi connectivity index (χ1) is 17.3. The molecule has 4 unspecified atom stereocenters. The topological polar surface area (TPSA) is 268 Å². The van der Waals surface area contributed by atoms with E-state index in [9.17, 15) is 38.7 Å². The third-order valence-corrected chi connectivity index (χ3v) is 4.95. The maximum absolute atomic E-state index is 13.1. The van der Waals surface area contributed by atoms with Crippen LogP contribution in [0.15, 0.2) is 30.3 Å². The van der Waals surface area contributed by atoms with Crippen molar-refractivity contribution in [2.24, 2.45) is 11.5 Å². The van der Waals surface area contributed by atoms with Gasteiger partial charge in [-0.2, -0.15) is 0 Å². The van der Waals surface area contributed by atoms with Gasteiger partial charge in [-0.25, -0.2) is 4.79 Å². The Balaban J connectivity index is 3.15. The maximum Gasteiger partial charge on any atom is 0.326 e. The summed E-state index contributed by atoms with van der Waals surface area (Å²) in [4.78, 5) is 82.6. The van der Waals surface area contributed by atoms with Crippen LogP contribution in [0.1, 0.15) is 31.2 Å². The maximum atomic E-state index is 13.1. The van der Waals surface area contributed by atoms with Crippen LogP contribution < -0.4 is 27.4 Å². The van der Waals surface area contributed by atoms with Crippen molar-refractivity contribution in [3.63, 3.8) is 0 Å². The van der Waals surface area contributed by atoms with Gasteiger partial charge in [0.2, 0.25) is 23.6 Å². The molecular formula is C22H29N5O10. The Labute approximate surface area is 210 Å². The summed E-state index contributed by atoms with van der Waals surface area (Å²) >= 11 is 0. The molecule has 202 valence electrons. The molecule has 1 aromatic carbocycles. The van der Waals surface area contributed by atoms with Crippen LogP contribution in [0.3, 0.4) is 0 Å². The van der Waals surface area contributed by atoms with E-state index in [-0.39, 0.29) is 6.42 Å². The molecule has 15 heteroatoms. The number of hydrogen-bond acceptors (Lipinski definition) is 8. The second-order valence-corrected chi connectivity index (χ2v) is 8.02. The molecular weight excluding hydrogens is 494 g/mol. The summed E-state index contributed by atoms with van der Waals surface area (Å²) in [7, 11) is 0. The summed E-state index contributed by atoms with van der Waals surface area (Å²) in [5, 5.41) is 33.7. The molecule has 0 aliphatic carbocycles. The minimum absolute atomic E-state index is 0.106. The van der Waals surface area contributed by atoms with E-state index in [1.807, 2.05) is 5.32 Å². The molecule has 10 N–H and O–H groups in total. The van der Waals surface area contributed by atoms with Gasteiger partial charge in [0.15, 0.2) is 0 Å². The molecule has 0 aromatic heterocycles. The number of benzene rings is 1. The van der Waals surface area contributed by atoms with Crippen LogP contribution in [0.2, 0.25) is 0 Å². The zero-order valence-corrected chi connectivity index (χ0v) is 19.6. The van der Waals surface area contributed by atoms with Crippen molar-refractivity contribution >= 4 is 41.5 Å². The lowest BCUT2D eigenvalue weighted by Crippen LogP contribution is -2.58. The van der Waals surface area contributed by atoms with Crippen LogP contribution in [0, 0.1) is 0 Å². The normalized spacial score (nSPS) is 13.8. The predicted molar refractivity (Wildman–Crippen MR) is 124 cm³/mol. The lowest BCUT2D eigenvalue weighted by Gasteiger charge is -2.25. The van der Waals surface area contributed by atoms with Gasteiger partial charge in [-0.05, 0) is 12.0 Å². The summed E-state index contributed by atoms with van der Waals surface area (Å²) in [6.45, 7) is 0. The van der Waals surface area contributed by atoms with E-state index in [4.69, 9.17) is 21.7 Å². The molecule has 15 nitrogen and oxygen atoms in total. The largest absolute Gasteiger partial charge is 0.481 e. The SMILES string of the molecule is NC(=O)CC(NC(=O)C(CCC(=O)O)NC(=O)C(Cc1ccccc1)NC(=O)C(N)CC(=O)O)C(=O)O. The fourth-order valence-corrected chi connectivity index (χ4v) is 3.10. The van der Waals surface area contributed by atoms with Crippen molar-refractivity contribution in [2.45, 2.75) is 56.3 Å². The monoisotopic (exact) mass is 523 g/mol. The van der Waals surface area contributed by atoms with Crippen molar-refractivity contribution in [3.05, 3.63) is 35.9 Å². The van der Waals surface area contributed by atoms with Crippen LogP contribution in [0.4, 0.5) is 0 Å². The first-order valence-electron chi connectivity index (χ1n) is 11.0. The van der Waals surface area contributed by atoms with E-state index < -0.39 is 91.4 Å². The quantitative estimate of drug-likeness (QED) is 0.110. The number of hydrogen-bond donors (Lipinski definition) is 8. The third-order valence-electron chi connectivity index (χ3n) is 4.95. The van der Waals surface area contributed by atoms with Gasteiger partial charge in [0.1, 0.15) is 18.1 Å². The highest BCUT2D eigenvalue weighted by atomic mass is 16.4. The number of primary amides is 1. The molecule has 0 saturated heterocycles. The molecule has 0 saturated carbocycles. The number of rotatable bonds is 16. The van der Waals surface area contributed by atoms with Gasteiger partial charge < -0.3 is 42.7 Å². The van der Waals surface area contributed by atoms with Gasteiger partial charge in [0.05, 0.1) is 18.9 Å². The van der Waals surface area contributed by atoms with Gasteiger partial charge >= 0.3 is 17.9 Å². The molecule has 37 heavy (non-hydrogen) atoms. The summed E-state index contributed by atoms with van der Waals surface area (Å²) in [6.07, 6.45) is -2.63. The van der Waals surface area contributed by atoms with Crippen LogP contribution in [-0.2, 0) is 40.0 Å². The highest BCUT2D eigenvalue weighted by molar-refractivity contribution is 5.95. The fourth-order valence-electron chi connectivity index (χ4n) is 3.10. The van der Waals surface area contributed by atoms with Gasteiger partial charge in [-0.15, -0.1) is 0 Å². The number of nitrogens with one attached hydrogen (secondary N) is 3. The fraction of sp³-hybridized carbons (Fsp3) is 0.409. The molecule has 0 fully saturated rings. The number of carbonyl (C=O) groups is 7. The van der Waals surface area contributed by atoms with Crippen molar-refractivity contribution in [3.8, 4) is 0 Å². The van der Waals surface area contributed by atoms with E-state index in [1.165, 1.54) is 0 Å². The highest BCUT2D eigenvalue weighted by Gasteiger charge is 2.31. The van der Waals surface area contributed by atoms with E-state index in [2.05, 4.69) is 10.6 Å². The second-order valence-electron chi connectivity index (χ2n) is 8.02. The standard InChI is InChI=1S/C22H29N5O10/c23-12(9-18(31)32)19(33)26-14(8-11-4-2-1-3-5-11)21(35)25-13(6-7-17(29)30)20(34)27-15(22(36)37)10-16(24)28/h1-5,12-15H,6-10,23H2,(H2,24,28)(H,25,35)(H,26,33)(H,27,34)(H,29,30)(H,31,32)(H,36,37). The van der Waals surface area contributed by atoms with Crippen molar-refractivity contribution < 1.29 is 48.9 Å². The minimum atomic E-state index is -1.73. The zero-order valence-electron chi connectivity index (χ0n) is 19.6. The Morgan fingerprint density at radius 1 is 0.730 bits per heavy atom. The van der Waals surface area contributed by atoms with Crippen LogP contribution in [-0.4, -0.2) is 81.0 Å². The molecule has 1 aromatic rings. The summed E-state index contributed by atoms with van der Waals surface area (Å²) in [5.41, 5.74) is 11.1. The summed E-state index contributed by atoms with van der Waals surface area (Å²) < 4.78 is 0. The van der Waals surface area contributed by atoms with Crippen molar-refractivity contribution in [1.29, 1.82) is 0 Å². The van der Waals surface area contributed by atoms with Crippen LogP contribution >= 0.6 is 0 Å². The lowest BCUT2D eigenvalue weighted by atomic mass is 10.0. The number of aliphatic carboxylic acids is 3.